The summed E-state index contributed by atoms with van der Waals surface area (Å²) >= 11 is 0. The number of hydrogen-bond donors (Lipinski definition) is 1. The van der Waals surface area contributed by atoms with Crippen molar-refractivity contribution in [2.75, 3.05) is 24.5 Å². The van der Waals surface area contributed by atoms with Gasteiger partial charge in [-0.15, -0.1) is 0 Å². The molecule has 0 unspecified atom stereocenters. The number of carbonyl (C=O) groups is 1. The van der Waals surface area contributed by atoms with Crippen molar-refractivity contribution in [3.05, 3.63) is 31.2 Å². The maximum Gasteiger partial charge on any atom is 0.246 e. The predicted molar refractivity (Wildman–Crippen MR) is 89.1 cm³/mol. The molecule has 2 fully saturated rings. The van der Waals surface area contributed by atoms with Crippen molar-refractivity contribution in [3.63, 3.8) is 0 Å². The number of nitrogens with zero attached hydrogens (tertiary/aromatic N) is 4. The zero-order chi connectivity index (χ0) is 16.0. The number of aromatic nitrogens is 3. The topological polar surface area (TPSA) is 65.1 Å². The third-order valence-corrected chi connectivity index (χ3v) is 5.54. The van der Waals surface area contributed by atoms with E-state index < -0.39 is 0 Å². The molecule has 2 aliphatic rings. The van der Waals surface area contributed by atoms with E-state index in [4.69, 9.17) is 0 Å². The van der Waals surface area contributed by atoms with Crippen LogP contribution >= 0.6 is 0 Å². The zero-order valence-corrected chi connectivity index (χ0v) is 13.3. The number of fused-ring (bicyclic) bond motifs is 2. The second-order valence-electron chi connectivity index (χ2n) is 6.79. The standard InChI is InChI=1S/C17H21N5O/c1-3-14(23)21-8-5-17(2)6-9-22(13(17)10-21)16-12-4-7-18-15(12)19-11-20-16/h3-4,7,11,13H,1,5-6,8-10H2,2H3,(H,18,19,20)/t13-,17+/m0/s1. The summed E-state index contributed by atoms with van der Waals surface area (Å²) in [5.74, 6) is 0.992. The molecule has 0 radical (unpaired) electrons. The number of nitrogens with one attached hydrogen (secondary N) is 1. The molecule has 1 amide bonds. The van der Waals surface area contributed by atoms with Crippen LogP contribution in [-0.4, -0.2) is 51.4 Å². The monoisotopic (exact) mass is 311 g/mol. The molecule has 4 heterocycles. The van der Waals surface area contributed by atoms with E-state index in [-0.39, 0.29) is 17.4 Å². The summed E-state index contributed by atoms with van der Waals surface area (Å²) in [7, 11) is 0. The lowest BCUT2D eigenvalue weighted by molar-refractivity contribution is -0.128. The highest BCUT2D eigenvalue weighted by Gasteiger charge is 2.48. The minimum atomic E-state index is 0.0216. The molecule has 2 saturated heterocycles. The lowest BCUT2D eigenvalue weighted by atomic mass is 9.76. The van der Waals surface area contributed by atoms with E-state index in [1.165, 1.54) is 6.08 Å². The average molecular weight is 311 g/mol. The van der Waals surface area contributed by atoms with Crippen molar-refractivity contribution in [1.29, 1.82) is 0 Å². The average Bonchev–Trinajstić information content (AvgIpc) is 3.17. The minimum Gasteiger partial charge on any atom is -0.351 e. The van der Waals surface area contributed by atoms with Crippen LogP contribution < -0.4 is 4.90 Å². The first-order valence-corrected chi connectivity index (χ1v) is 8.08. The number of likely N-dealkylation sites (tertiary alicyclic amines) is 1. The van der Waals surface area contributed by atoms with Gasteiger partial charge in [0.25, 0.3) is 0 Å². The normalized spacial score (nSPS) is 27.3. The molecule has 23 heavy (non-hydrogen) atoms. The molecule has 0 bridgehead atoms. The van der Waals surface area contributed by atoms with Crippen LogP contribution in [0.3, 0.4) is 0 Å². The van der Waals surface area contributed by atoms with E-state index in [1.54, 1.807) is 6.33 Å². The van der Waals surface area contributed by atoms with Crippen molar-refractivity contribution >= 4 is 22.8 Å². The Labute approximate surface area is 135 Å². The Kier molecular flexibility index (Phi) is 3.14. The van der Waals surface area contributed by atoms with Gasteiger partial charge in [-0.2, -0.15) is 0 Å². The van der Waals surface area contributed by atoms with E-state index in [1.807, 2.05) is 17.2 Å². The molecule has 6 heteroatoms. The first-order chi connectivity index (χ1) is 11.1. The Hall–Kier alpha value is -2.37. The van der Waals surface area contributed by atoms with Gasteiger partial charge in [0, 0.05) is 25.8 Å². The van der Waals surface area contributed by atoms with Gasteiger partial charge in [-0.1, -0.05) is 13.5 Å². The second kappa shape index (κ2) is 5.08. The molecule has 0 spiro atoms. The maximum absolute atomic E-state index is 12.0. The molecule has 2 aliphatic heterocycles. The number of aromatic amines is 1. The smallest absolute Gasteiger partial charge is 0.246 e. The largest absolute Gasteiger partial charge is 0.351 e. The molecule has 2 aromatic rings. The van der Waals surface area contributed by atoms with Gasteiger partial charge in [0.2, 0.25) is 5.91 Å². The number of piperidine rings is 1. The molecule has 120 valence electrons. The van der Waals surface area contributed by atoms with Gasteiger partial charge in [-0.3, -0.25) is 4.79 Å². The van der Waals surface area contributed by atoms with Gasteiger partial charge >= 0.3 is 0 Å². The van der Waals surface area contributed by atoms with Gasteiger partial charge in [-0.05, 0) is 30.4 Å². The first-order valence-electron chi connectivity index (χ1n) is 8.08. The van der Waals surface area contributed by atoms with E-state index >= 15 is 0 Å². The molecule has 0 aromatic carbocycles. The van der Waals surface area contributed by atoms with Crippen LogP contribution in [0.15, 0.2) is 31.2 Å². The van der Waals surface area contributed by atoms with E-state index in [0.717, 1.165) is 49.3 Å². The summed E-state index contributed by atoms with van der Waals surface area (Å²) in [5.41, 5.74) is 1.09. The number of carbonyl (C=O) groups excluding carboxylic acids is 1. The quantitative estimate of drug-likeness (QED) is 0.861. The summed E-state index contributed by atoms with van der Waals surface area (Å²) in [6.07, 6.45) is 7.07. The van der Waals surface area contributed by atoms with Gasteiger partial charge in [0.05, 0.1) is 11.4 Å². The van der Waals surface area contributed by atoms with Crippen LogP contribution in [0.25, 0.3) is 11.0 Å². The Morgan fingerprint density at radius 3 is 3.09 bits per heavy atom. The fraction of sp³-hybridized carbons (Fsp3) is 0.471. The third kappa shape index (κ3) is 2.12. The fourth-order valence-electron chi connectivity index (χ4n) is 4.05. The summed E-state index contributed by atoms with van der Waals surface area (Å²) in [6, 6.07) is 2.31. The van der Waals surface area contributed by atoms with Crippen molar-refractivity contribution < 1.29 is 4.79 Å². The first kappa shape index (κ1) is 14.2. The van der Waals surface area contributed by atoms with Gasteiger partial charge in [-0.25, -0.2) is 9.97 Å². The molecular formula is C17H21N5O. The number of rotatable bonds is 2. The summed E-state index contributed by atoms with van der Waals surface area (Å²) < 4.78 is 0. The summed E-state index contributed by atoms with van der Waals surface area (Å²) in [6.45, 7) is 8.47. The van der Waals surface area contributed by atoms with Crippen molar-refractivity contribution in [1.82, 2.24) is 19.9 Å². The zero-order valence-electron chi connectivity index (χ0n) is 13.3. The lowest BCUT2D eigenvalue weighted by Crippen LogP contribution is -2.54. The van der Waals surface area contributed by atoms with Crippen molar-refractivity contribution in [2.24, 2.45) is 5.41 Å². The van der Waals surface area contributed by atoms with Crippen molar-refractivity contribution in [2.45, 2.75) is 25.8 Å². The molecule has 0 aliphatic carbocycles. The third-order valence-electron chi connectivity index (χ3n) is 5.54. The molecule has 1 N–H and O–H groups in total. The number of anilines is 1. The Balaban J connectivity index is 1.71. The van der Waals surface area contributed by atoms with E-state index in [9.17, 15) is 4.79 Å². The van der Waals surface area contributed by atoms with Gasteiger partial charge in [0.1, 0.15) is 17.8 Å². The van der Waals surface area contributed by atoms with Gasteiger partial charge < -0.3 is 14.8 Å². The summed E-state index contributed by atoms with van der Waals surface area (Å²) in [4.78, 5) is 28.3. The van der Waals surface area contributed by atoms with Gasteiger partial charge in [0.15, 0.2) is 0 Å². The van der Waals surface area contributed by atoms with Crippen LogP contribution in [0, 0.1) is 5.41 Å². The Morgan fingerprint density at radius 1 is 1.43 bits per heavy atom. The van der Waals surface area contributed by atoms with Crippen LogP contribution in [0.2, 0.25) is 0 Å². The highest BCUT2D eigenvalue weighted by Crippen LogP contribution is 2.45. The lowest BCUT2D eigenvalue weighted by Gasteiger charge is -2.44. The van der Waals surface area contributed by atoms with Crippen molar-refractivity contribution in [3.8, 4) is 0 Å². The summed E-state index contributed by atoms with van der Waals surface area (Å²) in [5, 5.41) is 1.05. The number of amides is 1. The molecule has 2 aromatic heterocycles. The minimum absolute atomic E-state index is 0.0216. The highest BCUT2D eigenvalue weighted by atomic mass is 16.2. The SMILES string of the molecule is C=CC(=O)N1CC[C@]2(C)CCN(c3ncnc4[nH]ccc34)[C@H]2C1. The molecular weight excluding hydrogens is 290 g/mol. The van der Waals surface area contributed by atoms with Crippen LogP contribution in [0.1, 0.15) is 19.8 Å². The Morgan fingerprint density at radius 2 is 2.26 bits per heavy atom. The van der Waals surface area contributed by atoms with E-state index in [2.05, 4.69) is 33.4 Å². The van der Waals surface area contributed by atoms with E-state index in [0.29, 0.717) is 0 Å². The van der Waals surface area contributed by atoms with Crippen LogP contribution in [0.4, 0.5) is 5.82 Å². The molecule has 4 rings (SSSR count). The number of hydrogen-bond acceptors (Lipinski definition) is 4. The maximum atomic E-state index is 12.0. The second-order valence-corrected chi connectivity index (χ2v) is 6.79. The molecule has 0 saturated carbocycles. The number of H-pyrrole nitrogens is 1. The molecule has 2 atom stereocenters. The van der Waals surface area contributed by atoms with Crippen LogP contribution in [-0.2, 0) is 4.79 Å². The Bertz CT molecular complexity index is 769. The highest BCUT2D eigenvalue weighted by molar-refractivity contribution is 5.88. The predicted octanol–water partition coefficient (Wildman–Crippen LogP) is 1.96. The van der Waals surface area contributed by atoms with Crippen LogP contribution in [0.5, 0.6) is 0 Å². The fourth-order valence-corrected chi connectivity index (χ4v) is 4.05. The molecule has 6 nitrogen and oxygen atoms in total.